The summed E-state index contributed by atoms with van der Waals surface area (Å²) >= 11 is 0. The van der Waals surface area contributed by atoms with Gasteiger partial charge >= 0.3 is 5.97 Å². The Morgan fingerprint density at radius 2 is 1.86 bits per heavy atom. The summed E-state index contributed by atoms with van der Waals surface area (Å²) in [6.07, 6.45) is 0. The first-order chi connectivity index (χ1) is 13.6. The number of esters is 1. The van der Waals surface area contributed by atoms with Crippen LogP contribution in [0.5, 0.6) is 0 Å². The van der Waals surface area contributed by atoms with Crippen LogP contribution in [0, 0.1) is 11.6 Å². The van der Waals surface area contributed by atoms with E-state index in [-0.39, 0.29) is 29.4 Å². The van der Waals surface area contributed by atoms with Gasteiger partial charge in [-0.05, 0) is 42.5 Å². The van der Waals surface area contributed by atoms with E-state index in [9.17, 15) is 13.6 Å². The summed E-state index contributed by atoms with van der Waals surface area (Å²) in [4.78, 5) is 12.2. The number of nitrogens with zero attached hydrogens (tertiary/aromatic N) is 2. The van der Waals surface area contributed by atoms with Crippen LogP contribution in [0.25, 0.3) is 22.6 Å². The molecule has 6 nitrogen and oxygen atoms in total. The van der Waals surface area contributed by atoms with Crippen molar-refractivity contribution < 1.29 is 22.8 Å². The Balaban J connectivity index is 1.41. The standard InChI is InChI=1S/C20H13F2N3O3/c21-13-7-5-12(6-8-13)17-10-18(24-23-17)20(26)27-11-14-9-19(28-25-14)15-3-1-2-4-16(15)22/h1-10H,11H2,(H,23,24). The van der Waals surface area contributed by atoms with E-state index in [1.165, 1.54) is 30.3 Å². The van der Waals surface area contributed by atoms with Crippen molar-refractivity contribution in [1.29, 1.82) is 0 Å². The first-order valence-corrected chi connectivity index (χ1v) is 8.29. The molecule has 0 aliphatic rings. The van der Waals surface area contributed by atoms with Crippen molar-refractivity contribution >= 4 is 5.97 Å². The fourth-order valence-electron chi connectivity index (χ4n) is 2.58. The summed E-state index contributed by atoms with van der Waals surface area (Å²) in [6.45, 7) is -0.151. The molecular weight excluding hydrogens is 368 g/mol. The van der Waals surface area contributed by atoms with Crippen molar-refractivity contribution in [3.63, 3.8) is 0 Å². The van der Waals surface area contributed by atoms with Gasteiger partial charge in [-0.2, -0.15) is 5.10 Å². The summed E-state index contributed by atoms with van der Waals surface area (Å²) in [5, 5.41) is 10.4. The zero-order valence-electron chi connectivity index (χ0n) is 14.4. The van der Waals surface area contributed by atoms with E-state index in [1.807, 2.05) is 0 Å². The molecule has 2 heterocycles. The van der Waals surface area contributed by atoms with E-state index in [1.54, 1.807) is 30.3 Å². The molecule has 8 heteroatoms. The van der Waals surface area contributed by atoms with Gasteiger partial charge < -0.3 is 9.26 Å². The highest BCUT2D eigenvalue weighted by Crippen LogP contribution is 2.24. The normalized spacial score (nSPS) is 10.8. The van der Waals surface area contributed by atoms with E-state index in [2.05, 4.69) is 15.4 Å². The van der Waals surface area contributed by atoms with Gasteiger partial charge in [0, 0.05) is 11.6 Å². The number of hydrogen-bond donors (Lipinski definition) is 1. The number of hydrogen-bond acceptors (Lipinski definition) is 5. The molecule has 0 aliphatic heterocycles. The molecule has 0 amide bonds. The lowest BCUT2D eigenvalue weighted by Crippen LogP contribution is -2.05. The Labute approximate surface area is 157 Å². The molecule has 0 aliphatic carbocycles. The molecule has 0 bridgehead atoms. The van der Waals surface area contributed by atoms with Crippen molar-refractivity contribution in [2.45, 2.75) is 6.61 Å². The Bertz CT molecular complexity index is 1120. The summed E-state index contributed by atoms with van der Waals surface area (Å²) in [5.41, 5.74) is 1.88. The van der Waals surface area contributed by atoms with Gasteiger partial charge in [0.15, 0.2) is 5.76 Å². The molecule has 2 aromatic carbocycles. The minimum atomic E-state index is -0.642. The number of H-pyrrole nitrogens is 1. The van der Waals surface area contributed by atoms with Crippen LogP contribution in [-0.2, 0) is 11.3 Å². The molecule has 140 valence electrons. The van der Waals surface area contributed by atoms with Crippen LogP contribution in [0.4, 0.5) is 8.78 Å². The molecule has 0 spiro atoms. The number of benzene rings is 2. The molecule has 1 N–H and O–H groups in total. The topological polar surface area (TPSA) is 81.0 Å². The first-order valence-electron chi connectivity index (χ1n) is 8.29. The van der Waals surface area contributed by atoms with E-state index < -0.39 is 11.8 Å². The summed E-state index contributed by atoms with van der Waals surface area (Å²) in [7, 11) is 0. The van der Waals surface area contributed by atoms with Crippen LogP contribution in [0.15, 0.2) is 65.2 Å². The Hall–Kier alpha value is -3.81. The molecule has 28 heavy (non-hydrogen) atoms. The van der Waals surface area contributed by atoms with Gasteiger partial charge in [-0.15, -0.1) is 0 Å². The number of ether oxygens (including phenoxy) is 1. The SMILES string of the molecule is O=C(OCc1cc(-c2ccccc2F)on1)c1cc(-c2ccc(F)cc2)n[nH]1. The molecule has 0 unspecified atom stereocenters. The molecule has 0 atom stereocenters. The first kappa shape index (κ1) is 17.6. The van der Waals surface area contributed by atoms with Gasteiger partial charge in [0.2, 0.25) is 0 Å². The lowest BCUT2D eigenvalue weighted by Gasteiger charge is -1.99. The lowest BCUT2D eigenvalue weighted by atomic mass is 10.1. The van der Waals surface area contributed by atoms with E-state index in [0.717, 1.165) is 0 Å². The van der Waals surface area contributed by atoms with Crippen LogP contribution < -0.4 is 0 Å². The Morgan fingerprint density at radius 3 is 2.64 bits per heavy atom. The van der Waals surface area contributed by atoms with Crippen molar-refractivity contribution in [1.82, 2.24) is 15.4 Å². The van der Waals surface area contributed by atoms with Crippen LogP contribution in [0.2, 0.25) is 0 Å². The van der Waals surface area contributed by atoms with Gasteiger partial charge in [0.05, 0.1) is 11.3 Å². The summed E-state index contributed by atoms with van der Waals surface area (Å²) < 4.78 is 37.1. The number of aromatic nitrogens is 3. The number of carbonyl (C=O) groups excluding carboxylic acids is 1. The average Bonchev–Trinajstić information content (AvgIpc) is 3.37. The molecule has 0 saturated carbocycles. The monoisotopic (exact) mass is 381 g/mol. The zero-order chi connectivity index (χ0) is 19.5. The molecule has 0 saturated heterocycles. The Morgan fingerprint density at radius 1 is 1.07 bits per heavy atom. The second-order valence-corrected chi connectivity index (χ2v) is 5.91. The number of carbonyl (C=O) groups is 1. The second kappa shape index (κ2) is 7.43. The largest absolute Gasteiger partial charge is 0.454 e. The minimum Gasteiger partial charge on any atom is -0.454 e. The third-order valence-electron chi connectivity index (χ3n) is 3.99. The predicted octanol–water partition coefficient (Wildman–Crippen LogP) is 4.37. The maximum atomic E-state index is 13.8. The predicted molar refractivity (Wildman–Crippen MR) is 95.0 cm³/mol. The van der Waals surface area contributed by atoms with Crippen LogP contribution >= 0.6 is 0 Å². The zero-order valence-corrected chi connectivity index (χ0v) is 14.4. The fraction of sp³-hybridized carbons (Fsp3) is 0.0500. The number of nitrogens with one attached hydrogen (secondary N) is 1. The molecular formula is C20H13F2N3O3. The van der Waals surface area contributed by atoms with Gasteiger partial charge in [-0.25, -0.2) is 13.6 Å². The van der Waals surface area contributed by atoms with Crippen LogP contribution in [-0.4, -0.2) is 21.3 Å². The maximum absolute atomic E-state index is 13.8. The highest BCUT2D eigenvalue weighted by molar-refractivity contribution is 5.88. The van der Waals surface area contributed by atoms with E-state index in [0.29, 0.717) is 17.0 Å². The third-order valence-corrected chi connectivity index (χ3v) is 3.99. The van der Waals surface area contributed by atoms with E-state index in [4.69, 9.17) is 9.26 Å². The highest BCUT2D eigenvalue weighted by atomic mass is 19.1. The summed E-state index contributed by atoms with van der Waals surface area (Å²) in [5.74, 6) is -1.20. The summed E-state index contributed by atoms with van der Waals surface area (Å²) in [6, 6.07) is 14.9. The van der Waals surface area contributed by atoms with Crippen molar-refractivity contribution in [3.05, 3.63) is 83.7 Å². The molecule has 0 fully saturated rings. The van der Waals surface area contributed by atoms with Crippen molar-refractivity contribution in [2.75, 3.05) is 0 Å². The molecule has 2 aromatic heterocycles. The minimum absolute atomic E-state index is 0.136. The van der Waals surface area contributed by atoms with Crippen LogP contribution in [0.3, 0.4) is 0 Å². The van der Waals surface area contributed by atoms with Gasteiger partial charge in [-0.1, -0.05) is 17.3 Å². The highest BCUT2D eigenvalue weighted by Gasteiger charge is 2.15. The number of halogens is 2. The van der Waals surface area contributed by atoms with Gasteiger partial charge in [0.1, 0.15) is 29.6 Å². The maximum Gasteiger partial charge on any atom is 0.356 e. The quantitative estimate of drug-likeness (QED) is 0.519. The Kier molecular flexibility index (Phi) is 4.67. The molecule has 4 rings (SSSR count). The van der Waals surface area contributed by atoms with Crippen LogP contribution in [0.1, 0.15) is 16.2 Å². The van der Waals surface area contributed by atoms with Gasteiger partial charge in [0.25, 0.3) is 0 Å². The lowest BCUT2D eigenvalue weighted by molar-refractivity contribution is 0.0457. The third kappa shape index (κ3) is 3.66. The second-order valence-electron chi connectivity index (χ2n) is 5.91. The van der Waals surface area contributed by atoms with Crippen molar-refractivity contribution in [2.24, 2.45) is 0 Å². The molecule has 4 aromatic rings. The average molecular weight is 381 g/mol. The molecule has 0 radical (unpaired) electrons. The number of aromatic amines is 1. The van der Waals surface area contributed by atoms with Crippen molar-refractivity contribution in [3.8, 4) is 22.6 Å². The smallest absolute Gasteiger partial charge is 0.356 e. The van der Waals surface area contributed by atoms with E-state index >= 15 is 0 Å². The number of rotatable bonds is 5. The fourth-order valence-corrected chi connectivity index (χ4v) is 2.58. The van der Waals surface area contributed by atoms with Gasteiger partial charge in [-0.3, -0.25) is 5.10 Å².